The minimum atomic E-state index is -0.406. The van der Waals surface area contributed by atoms with Gasteiger partial charge in [0.15, 0.2) is 11.5 Å². The first-order valence-corrected chi connectivity index (χ1v) is 6.87. The molecule has 0 aromatic carbocycles. The van der Waals surface area contributed by atoms with E-state index in [2.05, 4.69) is 15.3 Å². The summed E-state index contributed by atoms with van der Waals surface area (Å²) in [5, 5.41) is 7.23. The van der Waals surface area contributed by atoms with Crippen LogP contribution in [0.15, 0.2) is 10.8 Å². The van der Waals surface area contributed by atoms with Crippen LogP contribution in [-0.4, -0.2) is 23.0 Å². The second kappa shape index (κ2) is 4.71. The van der Waals surface area contributed by atoms with Crippen LogP contribution in [0.2, 0.25) is 0 Å². The predicted molar refractivity (Wildman–Crippen MR) is 72.0 cm³/mol. The molecule has 2 aromatic rings. The minimum absolute atomic E-state index is 0.373. The Labute approximate surface area is 114 Å². The first-order chi connectivity index (χ1) is 9.20. The largest absolute Gasteiger partial charge is 0.464 e. The second-order valence-corrected chi connectivity index (χ2v) is 5.13. The van der Waals surface area contributed by atoms with E-state index < -0.39 is 5.97 Å². The molecule has 1 N–H and O–H groups in total. The molecule has 0 saturated carbocycles. The molecule has 0 aliphatic carbocycles. The lowest BCUT2D eigenvalue weighted by Gasteiger charge is -2.07. The van der Waals surface area contributed by atoms with Crippen molar-refractivity contribution in [2.24, 2.45) is 0 Å². The molecule has 6 heteroatoms. The van der Waals surface area contributed by atoms with Crippen molar-refractivity contribution in [3.8, 4) is 11.4 Å². The summed E-state index contributed by atoms with van der Waals surface area (Å²) in [7, 11) is 1.37. The number of nitrogens with one attached hydrogen (secondary N) is 1. The van der Waals surface area contributed by atoms with E-state index in [4.69, 9.17) is 4.74 Å². The lowest BCUT2D eigenvalue weighted by molar-refractivity contribution is 0.0592. The van der Waals surface area contributed by atoms with Gasteiger partial charge < -0.3 is 10.1 Å². The molecule has 0 bridgehead atoms. The fourth-order valence-corrected chi connectivity index (χ4v) is 2.97. The molecular formula is C13H13N3O2S. The normalized spacial score (nSPS) is 13.4. The maximum atomic E-state index is 11.8. The Morgan fingerprint density at radius 2 is 2.21 bits per heavy atom. The Morgan fingerprint density at radius 3 is 2.89 bits per heavy atom. The molecule has 19 heavy (non-hydrogen) atoms. The van der Waals surface area contributed by atoms with Gasteiger partial charge in [-0.05, 0) is 17.9 Å². The Bertz CT molecular complexity index is 651. The van der Waals surface area contributed by atoms with Gasteiger partial charge in [-0.3, -0.25) is 0 Å². The van der Waals surface area contributed by atoms with Crippen molar-refractivity contribution >= 4 is 17.3 Å². The number of aryl methyl sites for hydroxylation is 1. The first-order valence-electron chi connectivity index (χ1n) is 5.92. The molecule has 3 rings (SSSR count). The number of rotatable bonds is 2. The summed E-state index contributed by atoms with van der Waals surface area (Å²) < 4.78 is 4.81. The van der Waals surface area contributed by atoms with Gasteiger partial charge in [0, 0.05) is 29.6 Å². The second-order valence-electron chi connectivity index (χ2n) is 4.38. The van der Waals surface area contributed by atoms with Crippen LogP contribution in [-0.2, 0) is 17.8 Å². The van der Waals surface area contributed by atoms with Crippen molar-refractivity contribution in [1.82, 2.24) is 15.3 Å². The van der Waals surface area contributed by atoms with Crippen LogP contribution in [0.1, 0.15) is 27.3 Å². The number of hydrogen-bond donors (Lipinski definition) is 1. The third-order valence-corrected chi connectivity index (χ3v) is 4.02. The summed E-state index contributed by atoms with van der Waals surface area (Å²) in [5.41, 5.74) is 4.20. The molecule has 5 nitrogen and oxygen atoms in total. The van der Waals surface area contributed by atoms with Gasteiger partial charge in [0.05, 0.1) is 12.8 Å². The van der Waals surface area contributed by atoms with Crippen molar-refractivity contribution in [2.45, 2.75) is 20.0 Å². The molecule has 0 atom stereocenters. The fourth-order valence-electron chi connectivity index (χ4n) is 2.14. The van der Waals surface area contributed by atoms with Crippen LogP contribution < -0.4 is 5.32 Å². The molecule has 0 amide bonds. The lowest BCUT2D eigenvalue weighted by atomic mass is 10.1. The number of hydrogen-bond acceptors (Lipinski definition) is 6. The molecular weight excluding hydrogens is 262 g/mol. The smallest absolute Gasteiger partial charge is 0.357 e. The highest BCUT2D eigenvalue weighted by Gasteiger charge is 2.24. The highest BCUT2D eigenvalue weighted by molar-refractivity contribution is 7.08. The van der Waals surface area contributed by atoms with Crippen LogP contribution in [0.4, 0.5) is 0 Å². The van der Waals surface area contributed by atoms with Gasteiger partial charge in [-0.15, -0.1) is 0 Å². The number of carbonyl (C=O) groups excluding carboxylic acids is 1. The minimum Gasteiger partial charge on any atom is -0.464 e. The predicted octanol–water partition coefficient (Wildman–Crippen LogP) is 1.90. The van der Waals surface area contributed by atoms with Gasteiger partial charge in [-0.25, -0.2) is 14.8 Å². The topological polar surface area (TPSA) is 64.1 Å². The van der Waals surface area contributed by atoms with E-state index in [1.165, 1.54) is 7.11 Å². The third-order valence-electron chi connectivity index (χ3n) is 3.16. The van der Waals surface area contributed by atoms with Crippen molar-refractivity contribution in [3.63, 3.8) is 0 Å². The molecule has 0 unspecified atom stereocenters. The average molecular weight is 275 g/mol. The highest BCUT2D eigenvalue weighted by Crippen LogP contribution is 2.27. The maximum absolute atomic E-state index is 11.8. The van der Waals surface area contributed by atoms with Crippen LogP contribution in [0.25, 0.3) is 11.4 Å². The molecule has 0 saturated heterocycles. The molecule has 1 aliphatic rings. The standard InChI is InChI=1S/C13H13N3O2S/c1-7-5-19-6-9(7)12-15-10-4-14-3-8(10)11(16-12)13(17)18-2/h5-6,14H,3-4H2,1-2H3. The monoisotopic (exact) mass is 275 g/mol. The quantitative estimate of drug-likeness (QED) is 0.848. The van der Waals surface area contributed by atoms with Crippen molar-refractivity contribution in [3.05, 3.63) is 33.3 Å². The Balaban J connectivity index is 2.18. The van der Waals surface area contributed by atoms with Crippen LogP contribution >= 0.6 is 11.3 Å². The van der Waals surface area contributed by atoms with Crippen molar-refractivity contribution in [2.75, 3.05) is 7.11 Å². The Kier molecular flexibility index (Phi) is 3.04. The van der Waals surface area contributed by atoms with Gasteiger partial charge in [0.25, 0.3) is 0 Å². The zero-order valence-electron chi connectivity index (χ0n) is 10.7. The number of ether oxygens (including phenoxy) is 1. The van der Waals surface area contributed by atoms with Gasteiger partial charge >= 0.3 is 5.97 Å². The summed E-state index contributed by atoms with van der Waals surface area (Å²) in [6.45, 7) is 3.29. The Morgan fingerprint density at radius 1 is 1.37 bits per heavy atom. The SMILES string of the molecule is COC(=O)c1nc(-c2cscc2C)nc2c1CNC2. The van der Waals surface area contributed by atoms with E-state index in [0.29, 0.717) is 24.6 Å². The van der Waals surface area contributed by atoms with E-state index in [1.807, 2.05) is 17.7 Å². The number of esters is 1. The van der Waals surface area contributed by atoms with Crippen LogP contribution in [0.5, 0.6) is 0 Å². The average Bonchev–Trinajstić information content (AvgIpc) is 3.04. The van der Waals surface area contributed by atoms with E-state index in [-0.39, 0.29) is 0 Å². The summed E-state index contributed by atoms with van der Waals surface area (Å²) >= 11 is 1.60. The molecule has 0 spiro atoms. The molecule has 2 aromatic heterocycles. The molecule has 1 aliphatic heterocycles. The number of thiophene rings is 1. The zero-order chi connectivity index (χ0) is 13.4. The highest BCUT2D eigenvalue weighted by atomic mass is 32.1. The number of carbonyl (C=O) groups is 1. The van der Waals surface area contributed by atoms with E-state index in [9.17, 15) is 4.79 Å². The zero-order valence-corrected chi connectivity index (χ0v) is 11.5. The maximum Gasteiger partial charge on any atom is 0.357 e. The number of fused-ring (bicyclic) bond motifs is 1. The molecule has 0 fully saturated rings. The first kappa shape index (κ1) is 12.3. The Hall–Kier alpha value is -1.79. The summed E-state index contributed by atoms with van der Waals surface area (Å²) in [6.07, 6.45) is 0. The van der Waals surface area contributed by atoms with E-state index in [1.54, 1.807) is 11.3 Å². The van der Waals surface area contributed by atoms with Crippen molar-refractivity contribution in [1.29, 1.82) is 0 Å². The molecule has 0 radical (unpaired) electrons. The van der Waals surface area contributed by atoms with Gasteiger partial charge in [0.1, 0.15) is 0 Å². The molecule has 3 heterocycles. The summed E-state index contributed by atoms with van der Waals surface area (Å²) in [6, 6.07) is 0. The number of aromatic nitrogens is 2. The summed E-state index contributed by atoms with van der Waals surface area (Å²) in [4.78, 5) is 20.8. The lowest BCUT2D eigenvalue weighted by Crippen LogP contribution is -2.11. The van der Waals surface area contributed by atoms with E-state index in [0.717, 1.165) is 22.4 Å². The van der Waals surface area contributed by atoms with Crippen molar-refractivity contribution < 1.29 is 9.53 Å². The number of nitrogens with zero attached hydrogens (tertiary/aromatic N) is 2. The fraction of sp³-hybridized carbons (Fsp3) is 0.308. The number of methoxy groups -OCH3 is 1. The van der Waals surface area contributed by atoms with Crippen LogP contribution in [0.3, 0.4) is 0 Å². The summed E-state index contributed by atoms with van der Waals surface area (Å²) in [5.74, 6) is 0.193. The van der Waals surface area contributed by atoms with Crippen LogP contribution in [0, 0.1) is 6.92 Å². The van der Waals surface area contributed by atoms with Gasteiger partial charge in [-0.2, -0.15) is 11.3 Å². The van der Waals surface area contributed by atoms with Gasteiger partial charge in [0.2, 0.25) is 0 Å². The van der Waals surface area contributed by atoms with E-state index >= 15 is 0 Å². The molecule has 98 valence electrons. The third kappa shape index (κ3) is 2.02. The van der Waals surface area contributed by atoms with Gasteiger partial charge in [-0.1, -0.05) is 0 Å².